The van der Waals surface area contributed by atoms with Gasteiger partial charge in [0.2, 0.25) is 0 Å². The molecule has 0 radical (unpaired) electrons. The van der Waals surface area contributed by atoms with Crippen LogP contribution in [-0.2, 0) is 0 Å². The van der Waals surface area contributed by atoms with Crippen molar-refractivity contribution in [2.45, 2.75) is 40.7 Å². The molecule has 0 amide bonds. The first kappa shape index (κ1) is 15.0. The molecule has 18 heavy (non-hydrogen) atoms. The number of rotatable bonds is 6. The zero-order valence-corrected chi connectivity index (χ0v) is 12.2. The summed E-state index contributed by atoms with van der Waals surface area (Å²) in [6.45, 7) is 12.6. The molecule has 1 N–H and O–H groups in total. The van der Waals surface area contributed by atoms with Gasteiger partial charge in [0.25, 0.3) is 0 Å². The Hall–Kier alpha value is -1.09. The predicted molar refractivity (Wildman–Crippen MR) is 76.8 cm³/mol. The maximum Gasteiger partial charge on any atom is 0.128 e. The van der Waals surface area contributed by atoms with Gasteiger partial charge in [-0.1, -0.05) is 27.7 Å². The highest BCUT2D eigenvalue weighted by atomic mass is 16.3. The van der Waals surface area contributed by atoms with Crippen LogP contribution in [0.4, 0.5) is 5.82 Å². The molecule has 0 spiro atoms. The molecule has 3 nitrogen and oxygen atoms in total. The first-order valence-corrected chi connectivity index (χ1v) is 6.79. The quantitative estimate of drug-likeness (QED) is 0.842. The van der Waals surface area contributed by atoms with Gasteiger partial charge in [0.15, 0.2) is 0 Å². The number of nitrogens with zero attached hydrogens (tertiary/aromatic N) is 2. The van der Waals surface area contributed by atoms with Gasteiger partial charge < -0.3 is 10.0 Å². The van der Waals surface area contributed by atoms with Gasteiger partial charge in [-0.25, -0.2) is 4.98 Å². The third kappa shape index (κ3) is 4.65. The van der Waals surface area contributed by atoms with Gasteiger partial charge in [0.1, 0.15) is 5.82 Å². The Balaban J connectivity index is 2.93. The maximum absolute atomic E-state index is 9.65. The number of anilines is 1. The van der Waals surface area contributed by atoms with Crippen LogP contribution in [0.25, 0.3) is 0 Å². The summed E-state index contributed by atoms with van der Waals surface area (Å²) in [6.07, 6.45) is 1.34. The number of hydrogen-bond donors (Lipinski definition) is 1. The van der Waals surface area contributed by atoms with E-state index < -0.39 is 6.10 Å². The van der Waals surface area contributed by atoms with Gasteiger partial charge >= 0.3 is 0 Å². The average molecular weight is 250 g/mol. The van der Waals surface area contributed by atoms with Gasteiger partial charge in [-0.15, -0.1) is 0 Å². The van der Waals surface area contributed by atoms with Gasteiger partial charge in [0.05, 0.1) is 6.10 Å². The molecular weight excluding hydrogens is 224 g/mol. The third-order valence-corrected chi connectivity index (χ3v) is 2.75. The lowest BCUT2D eigenvalue weighted by atomic mass is 10.1. The van der Waals surface area contributed by atoms with E-state index in [1.807, 2.05) is 12.1 Å². The summed E-state index contributed by atoms with van der Waals surface area (Å²) < 4.78 is 0. The van der Waals surface area contributed by atoms with Crippen molar-refractivity contribution in [1.82, 2.24) is 4.98 Å². The Kier molecular flexibility index (Phi) is 5.60. The lowest BCUT2D eigenvalue weighted by Crippen LogP contribution is -2.32. The fourth-order valence-electron chi connectivity index (χ4n) is 2.01. The fourth-order valence-corrected chi connectivity index (χ4v) is 2.01. The number of aliphatic hydroxyl groups excluding tert-OH is 1. The molecule has 0 aromatic carbocycles. The molecule has 1 aromatic heterocycles. The molecule has 1 rings (SSSR count). The van der Waals surface area contributed by atoms with Crippen molar-refractivity contribution in [2.24, 2.45) is 11.8 Å². The van der Waals surface area contributed by atoms with Crippen LogP contribution < -0.4 is 4.90 Å². The summed E-state index contributed by atoms with van der Waals surface area (Å²) in [5.41, 5.74) is 0.928. The van der Waals surface area contributed by atoms with Crippen molar-refractivity contribution in [1.29, 1.82) is 0 Å². The van der Waals surface area contributed by atoms with Gasteiger partial charge in [-0.05, 0) is 36.5 Å². The highest BCUT2D eigenvalue weighted by Gasteiger charge is 2.13. The molecule has 1 atom stereocenters. The fraction of sp³-hybridized carbons (Fsp3) is 0.667. The molecule has 0 bridgehead atoms. The molecule has 102 valence electrons. The van der Waals surface area contributed by atoms with E-state index in [0.717, 1.165) is 24.5 Å². The molecule has 0 aliphatic rings. The van der Waals surface area contributed by atoms with Crippen LogP contribution in [0.5, 0.6) is 0 Å². The van der Waals surface area contributed by atoms with E-state index in [1.54, 1.807) is 13.1 Å². The Labute approximate surface area is 111 Å². The minimum Gasteiger partial charge on any atom is -0.389 e. The molecule has 0 saturated heterocycles. The van der Waals surface area contributed by atoms with Gasteiger partial charge in [0, 0.05) is 19.3 Å². The summed E-state index contributed by atoms with van der Waals surface area (Å²) in [6, 6.07) is 3.87. The lowest BCUT2D eigenvalue weighted by Gasteiger charge is -2.28. The Bertz CT molecular complexity index is 351. The SMILES string of the molecule is CC(C)CN(CC(C)C)c1cc(C(C)O)ccn1. The van der Waals surface area contributed by atoms with Crippen molar-refractivity contribution in [3.8, 4) is 0 Å². The van der Waals surface area contributed by atoms with Gasteiger partial charge in [-0.2, -0.15) is 0 Å². The molecular formula is C15H26N2O. The summed E-state index contributed by atoms with van der Waals surface area (Å²) in [4.78, 5) is 6.75. The second-order valence-electron chi connectivity index (χ2n) is 5.82. The van der Waals surface area contributed by atoms with Crippen molar-refractivity contribution >= 4 is 5.82 Å². The largest absolute Gasteiger partial charge is 0.389 e. The zero-order valence-electron chi connectivity index (χ0n) is 12.2. The van der Waals surface area contributed by atoms with Crippen LogP contribution in [0, 0.1) is 11.8 Å². The molecule has 1 heterocycles. The zero-order chi connectivity index (χ0) is 13.7. The van der Waals surface area contributed by atoms with Crippen molar-refractivity contribution in [2.75, 3.05) is 18.0 Å². The van der Waals surface area contributed by atoms with Crippen molar-refractivity contribution in [3.63, 3.8) is 0 Å². The van der Waals surface area contributed by atoms with Crippen molar-refractivity contribution < 1.29 is 5.11 Å². The third-order valence-electron chi connectivity index (χ3n) is 2.75. The molecule has 0 aliphatic carbocycles. The van der Waals surface area contributed by atoms with E-state index in [1.165, 1.54) is 0 Å². The topological polar surface area (TPSA) is 36.4 Å². The van der Waals surface area contributed by atoms with E-state index >= 15 is 0 Å². The first-order valence-electron chi connectivity index (χ1n) is 6.79. The van der Waals surface area contributed by atoms with Gasteiger partial charge in [-0.3, -0.25) is 0 Å². The van der Waals surface area contributed by atoms with Crippen LogP contribution in [0.3, 0.4) is 0 Å². The van der Waals surface area contributed by atoms with Crippen LogP contribution in [0.1, 0.15) is 46.3 Å². The normalized spacial score (nSPS) is 13.1. The Morgan fingerprint density at radius 2 is 1.67 bits per heavy atom. The monoisotopic (exact) mass is 250 g/mol. The van der Waals surface area contributed by atoms with Crippen LogP contribution >= 0.6 is 0 Å². The lowest BCUT2D eigenvalue weighted by molar-refractivity contribution is 0.199. The Morgan fingerprint density at radius 1 is 1.11 bits per heavy atom. The van der Waals surface area contributed by atoms with Crippen LogP contribution in [-0.4, -0.2) is 23.2 Å². The highest BCUT2D eigenvalue weighted by Crippen LogP contribution is 2.19. The number of hydrogen-bond acceptors (Lipinski definition) is 3. The molecule has 1 aromatic rings. The average Bonchev–Trinajstić information content (AvgIpc) is 2.27. The number of aromatic nitrogens is 1. The summed E-state index contributed by atoms with van der Waals surface area (Å²) in [5, 5.41) is 9.65. The van der Waals surface area contributed by atoms with E-state index in [0.29, 0.717) is 11.8 Å². The molecule has 0 aliphatic heterocycles. The molecule has 1 unspecified atom stereocenters. The first-order chi connectivity index (χ1) is 8.40. The smallest absolute Gasteiger partial charge is 0.128 e. The van der Waals surface area contributed by atoms with Crippen molar-refractivity contribution in [3.05, 3.63) is 23.9 Å². The standard InChI is InChI=1S/C15H26N2O/c1-11(2)9-17(10-12(3)4)15-8-14(13(5)18)6-7-16-15/h6-8,11-13,18H,9-10H2,1-5H3. The molecule has 3 heteroatoms. The van der Waals surface area contributed by atoms with Crippen LogP contribution in [0.15, 0.2) is 18.3 Å². The van der Waals surface area contributed by atoms with E-state index in [9.17, 15) is 5.11 Å². The molecule has 0 saturated carbocycles. The maximum atomic E-state index is 9.65. The Morgan fingerprint density at radius 3 is 2.11 bits per heavy atom. The predicted octanol–water partition coefficient (Wildman–Crippen LogP) is 3.25. The van der Waals surface area contributed by atoms with E-state index in [2.05, 4.69) is 37.6 Å². The second kappa shape index (κ2) is 6.74. The number of pyridine rings is 1. The van der Waals surface area contributed by atoms with E-state index in [-0.39, 0.29) is 0 Å². The van der Waals surface area contributed by atoms with E-state index in [4.69, 9.17) is 0 Å². The summed E-state index contributed by atoms with van der Waals surface area (Å²) in [7, 11) is 0. The molecule has 0 fully saturated rings. The second-order valence-corrected chi connectivity index (χ2v) is 5.82. The minimum atomic E-state index is -0.438. The van der Waals surface area contributed by atoms with Crippen LogP contribution in [0.2, 0.25) is 0 Å². The number of aliphatic hydroxyl groups is 1. The summed E-state index contributed by atoms with van der Waals surface area (Å²) in [5.74, 6) is 2.16. The summed E-state index contributed by atoms with van der Waals surface area (Å²) >= 11 is 0. The minimum absolute atomic E-state index is 0.438. The highest BCUT2D eigenvalue weighted by molar-refractivity contribution is 5.41.